The van der Waals surface area contributed by atoms with Crippen LogP contribution in [0.1, 0.15) is 71.6 Å². The Labute approximate surface area is 135 Å². The molecule has 122 valence electrons. The van der Waals surface area contributed by atoms with E-state index in [1.54, 1.807) is 0 Å². The van der Waals surface area contributed by atoms with Crippen LogP contribution < -0.4 is 0 Å². The molecule has 0 aromatic carbocycles. The molecule has 4 aliphatic carbocycles. The Morgan fingerprint density at radius 3 is 2.41 bits per heavy atom. The summed E-state index contributed by atoms with van der Waals surface area (Å²) < 4.78 is 0. The van der Waals surface area contributed by atoms with Crippen molar-refractivity contribution in [1.82, 2.24) is 0 Å². The molecule has 22 heavy (non-hydrogen) atoms. The van der Waals surface area contributed by atoms with Gasteiger partial charge in [0.25, 0.3) is 0 Å². The zero-order valence-electron chi connectivity index (χ0n) is 14.2. The van der Waals surface area contributed by atoms with Gasteiger partial charge in [-0.1, -0.05) is 13.8 Å². The first-order chi connectivity index (χ1) is 10.5. The van der Waals surface area contributed by atoms with Gasteiger partial charge in [0.15, 0.2) is 0 Å². The number of aliphatic hydroxyl groups excluding tert-OH is 1. The third kappa shape index (κ3) is 1.87. The maximum Gasteiger partial charge on any atom is 0.0661 e. The molecule has 0 amide bonds. The lowest BCUT2D eigenvalue weighted by Crippen LogP contribution is -2.53. The largest absolute Gasteiger partial charge is 0.393 e. The molecule has 2 nitrogen and oxygen atoms in total. The van der Waals surface area contributed by atoms with E-state index in [9.17, 15) is 10.4 Å². The fraction of sp³-hybridized carbons (Fsp3) is 0.950. The van der Waals surface area contributed by atoms with E-state index in [4.69, 9.17) is 0 Å². The molecule has 4 aliphatic rings. The van der Waals surface area contributed by atoms with Gasteiger partial charge < -0.3 is 5.11 Å². The van der Waals surface area contributed by atoms with Crippen LogP contribution in [0.2, 0.25) is 0 Å². The molecule has 4 rings (SSSR count). The summed E-state index contributed by atoms with van der Waals surface area (Å²) in [7, 11) is 0. The van der Waals surface area contributed by atoms with Crippen LogP contribution in [0.3, 0.4) is 0 Å². The van der Waals surface area contributed by atoms with Crippen LogP contribution in [-0.2, 0) is 0 Å². The van der Waals surface area contributed by atoms with Crippen LogP contribution in [0.5, 0.6) is 0 Å². The van der Waals surface area contributed by atoms with E-state index in [1.165, 1.54) is 38.5 Å². The zero-order chi connectivity index (χ0) is 15.5. The number of fused-ring (bicyclic) bond motifs is 5. The van der Waals surface area contributed by atoms with E-state index in [-0.39, 0.29) is 6.10 Å². The summed E-state index contributed by atoms with van der Waals surface area (Å²) in [6.45, 7) is 4.97. The van der Waals surface area contributed by atoms with Crippen molar-refractivity contribution in [3.05, 3.63) is 0 Å². The van der Waals surface area contributed by atoms with Crippen molar-refractivity contribution in [2.45, 2.75) is 77.7 Å². The Bertz CT molecular complexity index is 496. The van der Waals surface area contributed by atoms with Crippen molar-refractivity contribution >= 4 is 0 Å². The number of aliphatic hydroxyl groups is 1. The highest BCUT2D eigenvalue weighted by atomic mass is 16.3. The molecule has 0 aliphatic heterocycles. The van der Waals surface area contributed by atoms with Gasteiger partial charge in [-0.25, -0.2) is 0 Å². The summed E-state index contributed by atoms with van der Waals surface area (Å²) in [6, 6.07) is 2.64. The molecule has 0 saturated heterocycles. The first kappa shape index (κ1) is 15.0. The normalized spacial score (nSPS) is 57.4. The van der Waals surface area contributed by atoms with Crippen molar-refractivity contribution < 1.29 is 5.11 Å². The predicted octanol–water partition coefficient (Wildman–Crippen LogP) is 4.53. The SMILES string of the molecule is C[C@]12CCC(O)CC1CC[C@@H]1[C@H]2CC[C@]2(C)C(C#N)CC[C@@H]12. The highest BCUT2D eigenvalue weighted by Gasteiger charge is 2.60. The van der Waals surface area contributed by atoms with E-state index >= 15 is 0 Å². The molecule has 0 spiro atoms. The summed E-state index contributed by atoms with van der Waals surface area (Å²) >= 11 is 0. The Morgan fingerprint density at radius 2 is 1.64 bits per heavy atom. The molecule has 2 heteroatoms. The van der Waals surface area contributed by atoms with Crippen LogP contribution in [0.15, 0.2) is 0 Å². The summed E-state index contributed by atoms with van der Waals surface area (Å²) in [4.78, 5) is 0. The molecule has 0 radical (unpaired) electrons. The summed E-state index contributed by atoms with van der Waals surface area (Å²) in [6.07, 6.45) is 10.9. The van der Waals surface area contributed by atoms with Gasteiger partial charge in [-0.15, -0.1) is 0 Å². The Balaban J connectivity index is 1.62. The fourth-order valence-corrected chi connectivity index (χ4v) is 7.45. The number of nitrogens with zero attached hydrogens (tertiary/aromatic N) is 1. The smallest absolute Gasteiger partial charge is 0.0661 e. The third-order valence-electron chi connectivity index (χ3n) is 8.79. The second-order valence-corrected chi connectivity index (χ2v) is 9.39. The van der Waals surface area contributed by atoms with Crippen molar-refractivity contribution in [3.8, 4) is 6.07 Å². The van der Waals surface area contributed by atoms with Crippen LogP contribution in [0.4, 0.5) is 0 Å². The first-order valence-corrected chi connectivity index (χ1v) is 9.56. The minimum absolute atomic E-state index is 0.0436. The van der Waals surface area contributed by atoms with Gasteiger partial charge in [0.1, 0.15) is 0 Å². The molecule has 3 unspecified atom stereocenters. The average molecular weight is 301 g/mol. The molecule has 0 heterocycles. The van der Waals surface area contributed by atoms with Crippen molar-refractivity contribution in [3.63, 3.8) is 0 Å². The minimum Gasteiger partial charge on any atom is -0.393 e. The minimum atomic E-state index is -0.0436. The summed E-state index contributed by atoms with van der Waals surface area (Å²) in [5, 5.41) is 19.6. The van der Waals surface area contributed by atoms with Gasteiger partial charge in [0.05, 0.1) is 18.1 Å². The van der Waals surface area contributed by atoms with Gasteiger partial charge in [0, 0.05) is 0 Å². The van der Waals surface area contributed by atoms with E-state index in [2.05, 4.69) is 19.9 Å². The molecule has 0 bridgehead atoms. The molecule has 4 saturated carbocycles. The number of hydrogen-bond acceptors (Lipinski definition) is 2. The van der Waals surface area contributed by atoms with Crippen molar-refractivity contribution in [1.29, 1.82) is 5.26 Å². The van der Waals surface area contributed by atoms with Crippen LogP contribution in [0, 0.1) is 51.8 Å². The Hall–Kier alpha value is -0.550. The van der Waals surface area contributed by atoms with E-state index in [1.807, 2.05) is 0 Å². The van der Waals surface area contributed by atoms with Gasteiger partial charge in [-0.2, -0.15) is 5.26 Å². The molecular formula is C20H31NO. The molecule has 8 atom stereocenters. The summed E-state index contributed by atoms with van der Waals surface area (Å²) in [5.41, 5.74) is 0.765. The number of rotatable bonds is 0. The van der Waals surface area contributed by atoms with E-state index < -0.39 is 0 Å². The maximum atomic E-state index is 10.1. The van der Waals surface area contributed by atoms with Gasteiger partial charge in [-0.3, -0.25) is 0 Å². The highest BCUT2D eigenvalue weighted by molar-refractivity contribution is 5.12. The van der Waals surface area contributed by atoms with Gasteiger partial charge in [-0.05, 0) is 92.3 Å². The second kappa shape index (κ2) is 4.97. The number of hydrogen-bond donors (Lipinski definition) is 1. The van der Waals surface area contributed by atoms with Gasteiger partial charge in [0.2, 0.25) is 0 Å². The predicted molar refractivity (Wildman–Crippen MR) is 86.8 cm³/mol. The molecule has 1 N–H and O–H groups in total. The Morgan fingerprint density at radius 1 is 0.909 bits per heavy atom. The van der Waals surface area contributed by atoms with Crippen LogP contribution in [0.25, 0.3) is 0 Å². The summed E-state index contributed by atoms with van der Waals surface area (Å²) in [5.74, 6) is 3.55. The average Bonchev–Trinajstić information content (AvgIpc) is 2.84. The first-order valence-electron chi connectivity index (χ1n) is 9.56. The lowest BCUT2D eigenvalue weighted by molar-refractivity contribution is -0.124. The molecule has 4 fully saturated rings. The van der Waals surface area contributed by atoms with E-state index in [0.29, 0.717) is 16.7 Å². The lowest BCUT2D eigenvalue weighted by atomic mass is 9.45. The fourth-order valence-electron chi connectivity index (χ4n) is 7.45. The van der Waals surface area contributed by atoms with Crippen molar-refractivity contribution in [2.24, 2.45) is 40.4 Å². The van der Waals surface area contributed by atoms with Crippen LogP contribution in [-0.4, -0.2) is 11.2 Å². The lowest BCUT2D eigenvalue weighted by Gasteiger charge is -2.60. The topological polar surface area (TPSA) is 44.0 Å². The quantitative estimate of drug-likeness (QED) is 0.714. The van der Waals surface area contributed by atoms with Gasteiger partial charge >= 0.3 is 0 Å². The monoisotopic (exact) mass is 301 g/mol. The van der Waals surface area contributed by atoms with Crippen LogP contribution >= 0.6 is 0 Å². The zero-order valence-corrected chi connectivity index (χ0v) is 14.2. The Kier molecular flexibility index (Phi) is 3.39. The molecule has 0 aromatic rings. The van der Waals surface area contributed by atoms with Crippen molar-refractivity contribution in [2.75, 3.05) is 0 Å². The maximum absolute atomic E-state index is 10.1. The number of nitriles is 1. The molecule has 0 aromatic heterocycles. The standard InChI is InChI=1S/C20H31NO/c1-19-9-7-15(22)11-13(19)3-5-16-17-6-4-14(12-21)20(17,2)10-8-18(16)19/h13-18,22H,3-11H2,1-2H3/t13?,14?,15?,16-,17-,18+,19-,20+/m0/s1. The molecular weight excluding hydrogens is 270 g/mol. The highest BCUT2D eigenvalue weighted by Crippen LogP contribution is 2.67. The second-order valence-electron chi connectivity index (χ2n) is 9.39. The third-order valence-corrected chi connectivity index (χ3v) is 8.79. The van der Waals surface area contributed by atoms with E-state index in [0.717, 1.165) is 42.9 Å².